The van der Waals surface area contributed by atoms with Crippen LogP contribution in [0.5, 0.6) is 0 Å². The fraction of sp³-hybridized carbons (Fsp3) is 0.462. The molecular weight excluding hydrogens is 487 g/mol. The highest BCUT2D eigenvalue weighted by Gasteiger charge is 2.39. The molecule has 1 aromatic carbocycles. The molecule has 0 aliphatic heterocycles. The van der Waals surface area contributed by atoms with E-state index in [4.69, 9.17) is 0 Å². The minimum atomic E-state index is -3.09. The van der Waals surface area contributed by atoms with Gasteiger partial charge in [0.05, 0.1) is 5.69 Å². The van der Waals surface area contributed by atoms with E-state index in [9.17, 15) is 27.9 Å². The zero-order chi connectivity index (χ0) is 27.8. The fourth-order valence-corrected chi connectivity index (χ4v) is 4.15. The summed E-state index contributed by atoms with van der Waals surface area (Å²) in [5.74, 6) is -0.785. The second-order valence-electron chi connectivity index (χ2n) is 9.15. The van der Waals surface area contributed by atoms with Crippen molar-refractivity contribution in [1.82, 2.24) is 14.8 Å². The van der Waals surface area contributed by atoms with Crippen LogP contribution in [0.2, 0.25) is 0 Å². The van der Waals surface area contributed by atoms with Crippen LogP contribution in [0.3, 0.4) is 0 Å². The molecule has 4 rings (SSSR count). The minimum Gasteiger partial charge on any atom is -0.378 e. The molecule has 11 heteroatoms. The van der Waals surface area contributed by atoms with Crippen molar-refractivity contribution in [3.05, 3.63) is 41.5 Å². The summed E-state index contributed by atoms with van der Waals surface area (Å²) in [5, 5.41) is 16.7. The van der Waals surface area contributed by atoms with Crippen LogP contribution < -0.4 is 11.1 Å². The molecule has 0 radical (unpaired) electrons. The molecule has 2 aromatic heterocycles. The number of aromatic nitrogens is 3. The molecular formula is C26H34F3N5O3. The molecule has 2 amide bonds. The number of anilines is 1. The lowest BCUT2D eigenvalue weighted by atomic mass is 9.95. The van der Waals surface area contributed by atoms with Crippen LogP contribution in [0.15, 0.2) is 24.4 Å². The van der Waals surface area contributed by atoms with Crippen molar-refractivity contribution in [3.63, 3.8) is 0 Å². The number of aryl methyl sites for hydroxylation is 2. The van der Waals surface area contributed by atoms with Crippen LogP contribution in [-0.4, -0.2) is 38.6 Å². The highest BCUT2D eigenvalue weighted by molar-refractivity contribution is 5.89. The Bertz CT molecular complexity index is 1210. The maximum atomic E-state index is 14.7. The molecule has 4 N–H and O–H groups in total. The van der Waals surface area contributed by atoms with Crippen molar-refractivity contribution in [2.45, 2.75) is 71.3 Å². The molecule has 1 aliphatic rings. The number of aliphatic hydroxyl groups is 1. The number of amides is 2. The fourth-order valence-electron chi connectivity index (χ4n) is 4.15. The number of pyridine rings is 1. The standard InChI is InChI=1S/C18H17F3N4O2.C6H12.C2H5NO/c1-9-7-22-14(23-8-26)6-11(9)10-4-12-15(13(19)5-10)24-25(3)16(12)18(2,27)17(20)21;1-2-4-6-5-3-1;1-2(3)4/h4-8,17,27H,1-3H3,(H,22,23,26);1-6H2;1H3,(H2,3,4). The van der Waals surface area contributed by atoms with Gasteiger partial charge in [-0.1, -0.05) is 38.5 Å². The van der Waals surface area contributed by atoms with Gasteiger partial charge in [0.15, 0.2) is 11.4 Å². The molecule has 1 saturated carbocycles. The number of benzene rings is 1. The highest BCUT2D eigenvalue weighted by Crippen LogP contribution is 2.37. The van der Waals surface area contributed by atoms with Gasteiger partial charge in [-0.05, 0) is 48.7 Å². The number of nitrogens with one attached hydrogen (secondary N) is 1. The summed E-state index contributed by atoms with van der Waals surface area (Å²) in [6, 6.07) is 4.26. The van der Waals surface area contributed by atoms with E-state index in [0.717, 1.165) is 11.6 Å². The second kappa shape index (κ2) is 13.2. The SMILES string of the molecule is C1CCCCC1.CC(N)=O.Cc1cnc(NC=O)cc1-c1cc(F)c2nn(C)c(C(C)(O)C(F)F)c2c1. The van der Waals surface area contributed by atoms with E-state index in [-0.39, 0.29) is 28.3 Å². The Labute approximate surface area is 214 Å². The summed E-state index contributed by atoms with van der Waals surface area (Å²) >= 11 is 0. The Hall–Kier alpha value is -3.47. The van der Waals surface area contributed by atoms with Gasteiger partial charge in [-0.15, -0.1) is 0 Å². The molecule has 1 fully saturated rings. The Morgan fingerprint density at radius 1 is 1.19 bits per heavy atom. The van der Waals surface area contributed by atoms with E-state index < -0.39 is 17.8 Å². The number of hydrogen-bond acceptors (Lipinski definition) is 5. The van der Waals surface area contributed by atoms with Crippen LogP contribution in [0, 0.1) is 12.7 Å². The van der Waals surface area contributed by atoms with E-state index in [2.05, 4.69) is 21.1 Å². The van der Waals surface area contributed by atoms with Crippen molar-refractivity contribution in [2.75, 3.05) is 5.32 Å². The summed E-state index contributed by atoms with van der Waals surface area (Å²) in [5.41, 5.74) is 3.29. The average molecular weight is 522 g/mol. The van der Waals surface area contributed by atoms with Crippen LogP contribution in [0.4, 0.5) is 19.0 Å². The van der Waals surface area contributed by atoms with Gasteiger partial charge in [-0.2, -0.15) is 5.10 Å². The second-order valence-corrected chi connectivity index (χ2v) is 9.15. The molecule has 2 heterocycles. The third-order valence-electron chi connectivity index (χ3n) is 5.92. The number of fused-ring (bicyclic) bond motifs is 1. The Morgan fingerprint density at radius 3 is 2.22 bits per heavy atom. The van der Waals surface area contributed by atoms with Gasteiger partial charge < -0.3 is 16.2 Å². The molecule has 0 saturated heterocycles. The molecule has 1 unspecified atom stereocenters. The first-order chi connectivity index (χ1) is 17.4. The topological polar surface area (TPSA) is 123 Å². The summed E-state index contributed by atoms with van der Waals surface area (Å²) < 4.78 is 42.5. The van der Waals surface area contributed by atoms with Crippen LogP contribution in [0.25, 0.3) is 22.0 Å². The number of carbonyl (C=O) groups is 2. The van der Waals surface area contributed by atoms with E-state index in [1.165, 1.54) is 70.8 Å². The number of carbonyl (C=O) groups excluding carboxylic acids is 2. The third kappa shape index (κ3) is 7.75. The van der Waals surface area contributed by atoms with Gasteiger partial charge in [0, 0.05) is 25.6 Å². The van der Waals surface area contributed by atoms with Gasteiger partial charge >= 0.3 is 0 Å². The van der Waals surface area contributed by atoms with Crippen molar-refractivity contribution in [1.29, 1.82) is 0 Å². The number of nitrogens with two attached hydrogens (primary N) is 1. The lowest BCUT2D eigenvalue weighted by Gasteiger charge is -2.23. The van der Waals surface area contributed by atoms with Crippen molar-refractivity contribution < 1.29 is 27.9 Å². The van der Waals surface area contributed by atoms with Crippen LogP contribution in [-0.2, 0) is 22.2 Å². The maximum absolute atomic E-state index is 14.7. The van der Waals surface area contributed by atoms with Gasteiger partial charge in [0.2, 0.25) is 12.3 Å². The Morgan fingerprint density at radius 2 is 1.73 bits per heavy atom. The van der Waals surface area contributed by atoms with Crippen LogP contribution in [0.1, 0.15) is 63.6 Å². The van der Waals surface area contributed by atoms with Crippen LogP contribution >= 0.6 is 0 Å². The highest BCUT2D eigenvalue weighted by atomic mass is 19.3. The Balaban J connectivity index is 0.000000403. The van der Waals surface area contributed by atoms with E-state index in [1.807, 2.05) is 0 Å². The summed E-state index contributed by atoms with van der Waals surface area (Å²) in [6.07, 6.45) is 7.88. The molecule has 1 atom stereocenters. The normalized spacial score (nSPS) is 14.6. The number of rotatable bonds is 5. The zero-order valence-corrected chi connectivity index (χ0v) is 21.5. The zero-order valence-electron chi connectivity index (χ0n) is 21.5. The number of primary amides is 1. The third-order valence-corrected chi connectivity index (χ3v) is 5.92. The van der Waals surface area contributed by atoms with E-state index >= 15 is 0 Å². The quantitative estimate of drug-likeness (QED) is 0.410. The first-order valence-electron chi connectivity index (χ1n) is 12.0. The lowest BCUT2D eigenvalue weighted by Crippen LogP contribution is -2.33. The van der Waals surface area contributed by atoms with Gasteiger partial charge in [-0.25, -0.2) is 18.2 Å². The molecule has 3 aromatic rings. The molecule has 0 bridgehead atoms. The van der Waals surface area contributed by atoms with Gasteiger partial charge in [0.25, 0.3) is 6.43 Å². The first kappa shape index (κ1) is 29.8. The molecule has 8 nitrogen and oxygen atoms in total. The summed E-state index contributed by atoms with van der Waals surface area (Å²) in [7, 11) is 1.37. The molecule has 37 heavy (non-hydrogen) atoms. The van der Waals surface area contributed by atoms with Gasteiger partial charge in [-0.3, -0.25) is 14.3 Å². The largest absolute Gasteiger partial charge is 0.378 e. The van der Waals surface area contributed by atoms with Crippen molar-refractivity contribution >= 4 is 29.0 Å². The summed E-state index contributed by atoms with van der Waals surface area (Å²) in [4.78, 5) is 23.9. The maximum Gasteiger partial charge on any atom is 0.272 e. The van der Waals surface area contributed by atoms with E-state index in [1.54, 1.807) is 13.0 Å². The monoisotopic (exact) mass is 521 g/mol. The van der Waals surface area contributed by atoms with Crippen molar-refractivity contribution in [2.24, 2.45) is 12.8 Å². The summed E-state index contributed by atoms with van der Waals surface area (Å²) in [6.45, 7) is 4.01. The molecule has 0 spiro atoms. The number of nitrogens with zero attached hydrogens (tertiary/aromatic N) is 3. The molecule has 202 valence electrons. The minimum absolute atomic E-state index is 0.0823. The smallest absolute Gasteiger partial charge is 0.272 e. The lowest BCUT2D eigenvalue weighted by molar-refractivity contribution is -0.116. The van der Waals surface area contributed by atoms with Gasteiger partial charge in [0.1, 0.15) is 11.3 Å². The van der Waals surface area contributed by atoms with Crippen molar-refractivity contribution in [3.8, 4) is 11.1 Å². The number of alkyl halides is 2. The first-order valence-corrected chi connectivity index (χ1v) is 12.0. The number of hydrogen-bond donors (Lipinski definition) is 3. The predicted molar refractivity (Wildman–Crippen MR) is 136 cm³/mol. The van der Waals surface area contributed by atoms with E-state index in [0.29, 0.717) is 23.1 Å². The predicted octanol–water partition coefficient (Wildman–Crippen LogP) is 4.96. The number of halogens is 3. The molecule has 1 aliphatic carbocycles. The Kier molecular flexibility index (Phi) is 10.6. The average Bonchev–Trinajstić information content (AvgIpc) is 3.18.